The summed E-state index contributed by atoms with van der Waals surface area (Å²) in [6.45, 7) is 6.33. The zero-order chi connectivity index (χ0) is 13.0. The molecule has 1 saturated carbocycles. The van der Waals surface area contributed by atoms with Gasteiger partial charge in [-0.05, 0) is 44.1 Å². The number of alkyl halides is 1. The molecule has 1 heterocycles. The van der Waals surface area contributed by atoms with Gasteiger partial charge in [0.25, 0.3) is 0 Å². The number of nitrogens with one attached hydrogen (secondary N) is 1. The molecule has 0 aromatic carbocycles. The number of nitrogens with zero attached hydrogens (tertiary/aromatic N) is 2. The van der Waals surface area contributed by atoms with Crippen LogP contribution in [0.3, 0.4) is 0 Å². The van der Waals surface area contributed by atoms with E-state index in [1.54, 1.807) is 0 Å². The molecule has 1 atom stereocenters. The quantitative estimate of drug-likeness (QED) is 0.734. The lowest BCUT2D eigenvalue weighted by atomic mass is 10.0. The van der Waals surface area contributed by atoms with E-state index >= 15 is 0 Å². The van der Waals surface area contributed by atoms with Crippen molar-refractivity contribution >= 4 is 11.6 Å². The molecule has 1 aliphatic rings. The summed E-state index contributed by atoms with van der Waals surface area (Å²) >= 11 is 5.83. The van der Waals surface area contributed by atoms with E-state index in [-0.39, 0.29) is 0 Å². The molecule has 4 heteroatoms. The molecule has 1 N–H and O–H groups in total. The summed E-state index contributed by atoms with van der Waals surface area (Å²) in [5.74, 6) is 0.782. The van der Waals surface area contributed by atoms with Crippen LogP contribution in [0.4, 0.5) is 0 Å². The highest BCUT2D eigenvalue weighted by atomic mass is 35.5. The first-order valence-corrected chi connectivity index (χ1v) is 7.53. The summed E-state index contributed by atoms with van der Waals surface area (Å²) < 4.78 is 2.06. The zero-order valence-corrected chi connectivity index (χ0v) is 12.2. The third-order valence-electron chi connectivity index (χ3n) is 4.09. The molecular formula is C14H24ClN3. The average molecular weight is 270 g/mol. The minimum Gasteiger partial charge on any atom is -0.311 e. The number of hydrogen-bond acceptors (Lipinski definition) is 2. The number of aromatic nitrogens is 2. The molecule has 3 nitrogen and oxygen atoms in total. The summed E-state index contributed by atoms with van der Waals surface area (Å²) in [5.41, 5.74) is 1.64. The Morgan fingerprint density at radius 3 is 2.94 bits per heavy atom. The van der Waals surface area contributed by atoms with Crippen molar-refractivity contribution in [2.45, 2.75) is 52.1 Å². The van der Waals surface area contributed by atoms with Crippen LogP contribution in [0.5, 0.6) is 0 Å². The van der Waals surface area contributed by atoms with Crippen molar-refractivity contribution in [1.29, 1.82) is 0 Å². The smallest absolute Gasteiger partial charge is 0.0762 e. The van der Waals surface area contributed by atoms with E-state index in [1.165, 1.54) is 12.8 Å². The molecule has 0 saturated heterocycles. The van der Waals surface area contributed by atoms with Crippen LogP contribution >= 0.6 is 11.6 Å². The lowest BCUT2D eigenvalue weighted by Gasteiger charge is -2.13. The van der Waals surface area contributed by atoms with Gasteiger partial charge in [0, 0.05) is 31.2 Å². The summed E-state index contributed by atoms with van der Waals surface area (Å²) in [6.07, 6.45) is 7.00. The van der Waals surface area contributed by atoms with Crippen LogP contribution in [0.25, 0.3) is 0 Å². The lowest BCUT2D eigenvalue weighted by Crippen LogP contribution is -2.24. The van der Waals surface area contributed by atoms with E-state index < -0.39 is 0 Å². The van der Waals surface area contributed by atoms with Crippen LogP contribution < -0.4 is 5.32 Å². The van der Waals surface area contributed by atoms with Crippen molar-refractivity contribution in [3.8, 4) is 0 Å². The molecule has 1 fully saturated rings. The van der Waals surface area contributed by atoms with Crippen molar-refractivity contribution in [2.75, 3.05) is 12.4 Å². The van der Waals surface area contributed by atoms with Gasteiger partial charge in [-0.15, -0.1) is 11.6 Å². The van der Waals surface area contributed by atoms with Crippen LogP contribution in [0, 0.1) is 5.41 Å². The van der Waals surface area contributed by atoms with E-state index in [1.807, 2.05) is 0 Å². The van der Waals surface area contributed by atoms with Gasteiger partial charge >= 0.3 is 0 Å². The summed E-state index contributed by atoms with van der Waals surface area (Å²) in [6, 6.07) is 2.60. The highest BCUT2D eigenvalue weighted by Crippen LogP contribution is 2.48. The van der Waals surface area contributed by atoms with E-state index in [4.69, 9.17) is 11.6 Å². The minimum atomic E-state index is 0.491. The monoisotopic (exact) mass is 269 g/mol. The van der Waals surface area contributed by atoms with Crippen LogP contribution in [-0.2, 0) is 6.54 Å². The molecule has 0 bridgehead atoms. The summed E-state index contributed by atoms with van der Waals surface area (Å²) in [7, 11) is 0. The first-order chi connectivity index (χ1) is 8.69. The Balaban J connectivity index is 1.75. The topological polar surface area (TPSA) is 29.9 Å². The molecule has 1 unspecified atom stereocenters. The average Bonchev–Trinajstić information content (AvgIpc) is 2.96. The molecule has 0 radical (unpaired) electrons. The van der Waals surface area contributed by atoms with Gasteiger partial charge in [-0.3, -0.25) is 4.68 Å². The summed E-state index contributed by atoms with van der Waals surface area (Å²) in [4.78, 5) is 0. The lowest BCUT2D eigenvalue weighted by molar-refractivity contribution is 0.437. The predicted octanol–water partition coefficient (Wildman–Crippen LogP) is 3.35. The normalized spacial score (nSPS) is 18.8. The van der Waals surface area contributed by atoms with Gasteiger partial charge in [0.15, 0.2) is 0 Å². The second kappa shape index (κ2) is 6.07. The fourth-order valence-corrected chi connectivity index (χ4v) is 2.65. The highest BCUT2D eigenvalue weighted by molar-refractivity contribution is 6.17. The molecule has 102 valence electrons. The van der Waals surface area contributed by atoms with E-state index in [0.29, 0.717) is 11.5 Å². The first kappa shape index (κ1) is 13.9. The van der Waals surface area contributed by atoms with E-state index in [2.05, 4.69) is 41.2 Å². The maximum absolute atomic E-state index is 5.83. The molecule has 0 spiro atoms. The Labute approximate surface area is 115 Å². The molecular weight excluding hydrogens is 246 g/mol. The zero-order valence-electron chi connectivity index (χ0n) is 11.5. The van der Waals surface area contributed by atoms with Crippen LogP contribution in [-0.4, -0.2) is 22.2 Å². The van der Waals surface area contributed by atoms with Crippen molar-refractivity contribution in [2.24, 2.45) is 5.41 Å². The fourth-order valence-electron chi connectivity index (χ4n) is 2.25. The van der Waals surface area contributed by atoms with Crippen molar-refractivity contribution in [3.63, 3.8) is 0 Å². The second-order valence-corrected chi connectivity index (χ2v) is 5.96. The maximum atomic E-state index is 5.83. The van der Waals surface area contributed by atoms with Gasteiger partial charge in [0.1, 0.15) is 0 Å². The van der Waals surface area contributed by atoms with Gasteiger partial charge in [-0.2, -0.15) is 5.10 Å². The van der Waals surface area contributed by atoms with Crippen molar-refractivity contribution in [1.82, 2.24) is 15.1 Å². The van der Waals surface area contributed by atoms with Crippen molar-refractivity contribution in [3.05, 3.63) is 18.0 Å². The molecule has 1 aromatic heterocycles. The molecule has 1 aliphatic carbocycles. The van der Waals surface area contributed by atoms with Gasteiger partial charge in [0.2, 0.25) is 0 Å². The minimum absolute atomic E-state index is 0.491. The Kier molecular flexibility index (Phi) is 4.68. The fraction of sp³-hybridized carbons (Fsp3) is 0.786. The van der Waals surface area contributed by atoms with Crippen LogP contribution in [0.15, 0.2) is 12.3 Å². The molecule has 1 aromatic rings. The van der Waals surface area contributed by atoms with Gasteiger partial charge in [-0.25, -0.2) is 0 Å². The largest absolute Gasteiger partial charge is 0.311 e. The SMILES string of the molecule is CCC(C)n1ccc(CNCC2(CCCl)CC2)n1. The Hall–Kier alpha value is -0.540. The first-order valence-electron chi connectivity index (χ1n) is 7.00. The van der Waals surface area contributed by atoms with Gasteiger partial charge < -0.3 is 5.32 Å². The Morgan fingerprint density at radius 1 is 1.56 bits per heavy atom. The molecule has 18 heavy (non-hydrogen) atoms. The predicted molar refractivity (Wildman–Crippen MR) is 75.9 cm³/mol. The van der Waals surface area contributed by atoms with Crippen molar-refractivity contribution < 1.29 is 0 Å². The Bertz CT molecular complexity index is 371. The van der Waals surface area contributed by atoms with Crippen LogP contribution in [0.2, 0.25) is 0 Å². The van der Waals surface area contributed by atoms with E-state index in [0.717, 1.165) is 37.5 Å². The molecule has 0 aliphatic heterocycles. The number of halogens is 1. The molecule has 0 amide bonds. The maximum Gasteiger partial charge on any atom is 0.0762 e. The number of hydrogen-bond donors (Lipinski definition) is 1. The van der Waals surface area contributed by atoms with Crippen LogP contribution in [0.1, 0.15) is 51.3 Å². The second-order valence-electron chi connectivity index (χ2n) is 5.59. The molecule has 2 rings (SSSR count). The third-order valence-corrected chi connectivity index (χ3v) is 4.28. The van der Waals surface area contributed by atoms with Gasteiger partial charge in [0.05, 0.1) is 5.69 Å². The van der Waals surface area contributed by atoms with E-state index in [9.17, 15) is 0 Å². The highest BCUT2D eigenvalue weighted by Gasteiger charge is 2.41. The third kappa shape index (κ3) is 3.48. The summed E-state index contributed by atoms with van der Waals surface area (Å²) in [5, 5.41) is 8.12. The Morgan fingerprint density at radius 2 is 2.33 bits per heavy atom. The standard InChI is InChI=1S/C14H24ClN3/c1-3-12(2)18-9-4-13(17-18)10-16-11-14(5-6-14)7-8-15/h4,9,12,16H,3,5-8,10-11H2,1-2H3. The number of rotatable bonds is 8. The van der Waals surface area contributed by atoms with Gasteiger partial charge in [-0.1, -0.05) is 6.92 Å².